The van der Waals surface area contributed by atoms with Crippen LogP contribution in [0, 0.1) is 34.9 Å². The van der Waals surface area contributed by atoms with Crippen LogP contribution in [-0.2, 0) is 9.59 Å². The average Bonchev–Trinajstić information content (AvgIpc) is 2.96. The Morgan fingerprint density at radius 1 is 0.419 bits per heavy atom. The van der Waals surface area contributed by atoms with Crippen molar-refractivity contribution < 1.29 is 45.4 Å². The van der Waals surface area contributed by atoms with Gasteiger partial charge < -0.3 is 9.47 Å². The van der Waals surface area contributed by atoms with E-state index in [0.29, 0.717) is 16.7 Å². The number of esters is 2. The quantitative estimate of drug-likeness (QED) is 0.0824. The van der Waals surface area contributed by atoms with Gasteiger partial charge in [-0.05, 0) is 70.8 Å². The predicted molar refractivity (Wildman–Crippen MR) is 145 cm³/mol. The summed E-state index contributed by atoms with van der Waals surface area (Å²) in [7, 11) is 0. The van der Waals surface area contributed by atoms with Crippen molar-refractivity contribution in [3.05, 3.63) is 132 Å². The van der Waals surface area contributed by atoms with Gasteiger partial charge in [-0.15, -0.1) is 0 Å². The SMILES string of the molecule is O=C(CC(=O)Oc1ccc(-c2ccc(F)c(F)c2)c(F)c1)Oc1ccc(-c2ccc(-c3ccc(F)c(F)c3)cc2)c(F)c1. The van der Waals surface area contributed by atoms with Crippen molar-refractivity contribution in [1.29, 1.82) is 0 Å². The summed E-state index contributed by atoms with van der Waals surface area (Å²) in [5.74, 6) is -8.38. The van der Waals surface area contributed by atoms with Crippen LogP contribution in [0.5, 0.6) is 11.5 Å². The number of benzene rings is 5. The van der Waals surface area contributed by atoms with E-state index in [0.717, 1.165) is 36.4 Å². The van der Waals surface area contributed by atoms with Gasteiger partial charge in [-0.2, -0.15) is 0 Å². The Kier molecular flexibility index (Phi) is 8.29. The molecule has 0 aliphatic rings. The Bertz CT molecular complexity index is 1850. The molecular formula is C33H18F6O4. The Hall–Kier alpha value is -5.38. The van der Waals surface area contributed by atoms with Crippen LogP contribution in [0.25, 0.3) is 33.4 Å². The van der Waals surface area contributed by atoms with Crippen LogP contribution in [0.1, 0.15) is 6.42 Å². The van der Waals surface area contributed by atoms with Gasteiger partial charge in [0.05, 0.1) is 0 Å². The average molecular weight is 592 g/mol. The normalized spacial score (nSPS) is 10.8. The minimum Gasteiger partial charge on any atom is -0.426 e. The fourth-order valence-electron chi connectivity index (χ4n) is 4.22. The molecule has 0 spiro atoms. The van der Waals surface area contributed by atoms with Crippen molar-refractivity contribution in [2.45, 2.75) is 6.42 Å². The molecule has 5 aromatic rings. The molecule has 0 aliphatic heterocycles. The van der Waals surface area contributed by atoms with Crippen LogP contribution in [0.15, 0.2) is 97.1 Å². The van der Waals surface area contributed by atoms with E-state index >= 15 is 0 Å². The fraction of sp³-hybridized carbons (Fsp3) is 0.0303. The van der Waals surface area contributed by atoms with Crippen molar-refractivity contribution >= 4 is 11.9 Å². The van der Waals surface area contributed by atoms with Crippen molar-refractivity contribution in [2.75, 3.05) is 0 Å². The third-order valence-corrected chi connectivity index (χ3v) is 6.31. The Labute approximate surface area is 240 Å². The van der Waals surface area contributed by atoms with E-state index in [9.17, 15) is 35.9 Å². The van der Waals surface area contributed by atoms with Crippen LogP contribution < -0.4 is 9.47 Å². The molecule has 0 amide bonds. The van der Waals surface area contributed by atoms with Crippen molar-refractivity contribution in [3.63, 3.8) is 0 Å². The van der Waals surface area contributed by atoms with Crippen LogP contribution in [0.3, 0.4) is 0 Å². The summed E-state index contributed by atoms with van der Waals surface area (Å²) >= 11 is 0. The maximum Gasteiger partial charge on any atom is 0.322 e. The zero-order valence-electron chi connectivity index (χ0n) is 21.8. The lowest BCUT2D eigenvalue weighted by atomic mass is 10.00. The Morgan fingerprint density at radius 2 is 0.837 bits per heavy atom. The lowest BCUT2D eigenvalue weighted by Crippen LogP contribution is -2.18. The maximum absolute atomic E-state index is 14.8. The highest BCUT2D eigenvalue weighted by Gasteiger charge is 2.17. The highest BCUT2D eigenvalue weighted by molar-refractivity contribution is 5.93. The number of halogens is 6. The summed E-state index contributed by atoms with van der Waals surface area (Å²) in [6.45, 7) is 0. The molecular weight excluding hydrogens is 574 g/mol. The summed E-state index contributed by atoms with van der Waals surface area (Å²) in [6, 6.07) is 19.6. The first-order chi connectivity index (χ1) is 20.6. The highest BCUT2D eigenvalue weighted by atomic mass is 19.2. The van der Waals surface area contributed by atoms with Gasteiger partial charge in [0, 0.05) is 23.3 Å². The highest BCUT2D eigenvalue weighted by Crippen LogP contribution is 2.30. The van der Waals surface area contributed by atoms with E-state index in [1.807, 2.05) is 0 Å². The molecule has 0 unspecified atom stereocenters. The van der Waals surface area contributed by atoms with Gasteiger partial charge in [-0.1, -0.05) is 36.4 Å². The second-order valence-electron chi connectivity index (χ2n) is 9.24. The van der Waals surface area contributed by atoms with Gasteiger partial charge in [-0.25, -0.2) is 26.3 Å². The standard InChI is InChI=1S/C33H18F6O4/c34-26-11-5-20(13-30(26)38)18-1-3-19(4-2-18)24-9-7-22(15-28(24)36)42-32(40)17-33(41)43-23-8-10-25(29(37)16-23)21-6-12-27(35)31(39)14-21/h1-16H,17H2. The molecule has 0 atom stereocenters. The Balaban J connectivity index is 1.19. The first-order valence-electron chi connectivity index (χ1n) is 12.6. The molecule has 4 nitrogen and oxygen atoms in total. The second-order valence-corrected chi connectivity index (χ2v) is 9.24. The second kappa shape index (κ2) is 12.2. The molecule has 0 saturated heterocycles. The van der Waals surface area contributed by atoms with E-state index < -0.39 is 53.3 Å². The topological polar surface area (TPSA) is 52.6 Å². The van der Waals surface area contributed by atoms with Gasteiger partial charge in [0.15, 0.2) is 23.3 Å². The lowest BCUT2D eigenvalue weighted by Gasteiger charge is -2.10. The van der Waals surface area contributed by atoms with Crippen molar-refractivity contribution in [2.24, 2.45) is 0 Å². The lowest BCUT2D eigenvalue weighted by molar-refractivity contribution is -0.144. The molecule has 0 fully saturated rings. The third-order valence-electron chi connectivity index (χ3n) is 6.31. The van der Waals surface area contributed by atoms with E-state index in [4.69, 9.17) is 9.47 Å². The van der Waals surface area contributed by atoms with Gasteiger partial charge in [-0.3, -0.25) is 9.59 Å². The first-order valence-corrected chi connectivity index (χ1v) is 12.6. The fourth-order valence-corrected chi connectivity index (χ4v) is 4.22. The molecule has 0 bridgehead atoms. The number of ether oxygens (including phenoxy) is 2. The molecule has 0 aliphatic carbocycles. The van der Waals surface area contributed by atoms with E-state index in [1.54, 1.807) is 24.3 Å². The first kappa shape index (κ1) is 29.1. The maximum atomic E-state index is 14.8. The summed E-state index contributed by atoms with van der Waals surface area (Å²) in [5, 5.41) is 0. The summed E-state index contributed by atoms with van der Waals surface area (Å²) < 4.78 is 92.7. The molecule has 0 radical (unpaired) electrons. The molecule has 5 aromatic carbocycles. The minimum atomic E-state index is -1.16. The number of rotatable bonds is 7. The van der Waals surface area contributed by atoms with Gasteiger partial charge in [0.2, 0.25) is 0 Å². The summed E-state index contributed by atoms with van der Waals surface area (Å²) in [4.78, 5) is 24.4. The number of carbonyl (C=O) groups is 2. The molecule has 0 heterocycles. The van der Waals surface area contributed by atoms with Crippen LogP contribution >= 0.6 is 0 Å². The number of hydrogen-bond acceptors (Lipinski definition) is 4. The van der Waals surface area contributed by atoms with Crippen LogP contribution in [0.4, 0.5) is 26.3 Å². The van der Waals surface area contributed by atoms with Gasteiger partial charge >= 0.3 is 11.9 Å². The number of carbonyl (C=O) groups excluding carboxylic acids is 2. The molecule has 10 heteroatoms. The Morgan fingerprint density at radius 3 is 1.33 bits per heavy atom. The third kappa shape index (κ3) is 6.75. The number of hydrogen-bond donors (Lipinski definition) is 0. The smallest absolute Gasteiger partial charge is 0.322 e. The van der Waals surface area contributed by atoms with Crippen LogP contribution in [-0.4, -0.2) is 11.9 Å². The largest absolute Gasteiger partial charge is 0.426 e. The van der Waals surface area contributed by atoms with Crippen molar-refractivity contribution in [1.82, 2.24) is 0 Å². The zero-order chi connectivity index (χ0) is 30.7. The molecule has 216 valence electrons. The minimum absolute atomic E-state index is 0.0646. The predicted octanol–water partition coefficient (Wildman–Crippen LogP) is 8.42. The summed E-state index contributed by atoms with van der Waals surface area (Å²) in [5.41, 5.74) is 1.66. The molecule has 0 saturated carbocycles. The summed E-state index contributed by atoms with van der Waals surface area (Å²) in [6.07, 6.45) is -0.874. The van der Waals surface area contributed by atoms with Gasteiger partial charge in [0.1, 0.15) is 29.6 Å². The molecule has 5 rings (SSSR count). The zero-order valence-corrected chi connectivity index (χ0v) is 21.8. The van der Waals surface area contributed by atoms with Crippen LogP contribution in [0.2, 0.25) is 0 Å². The van der Waals surface area contributed by atoms with E-state index in [2.05, 4.69) is 0 Å². The monoisotopic (exact) mass is 592 g/mol. The van der Waals surface area contributed by atoms with Crippen molar-refractivity contribution in [3.8, 4) is 44.9 Å². The van der Waals surface area contributed by atoms with E-state index in [-0.39, 0.29) is 28.2 Å². The molecule has 43 heavy (non-hydrogen) atoms. The van der Waals surface area contributed by atoms with Gasteiger partial charge in [0.25, 0.3) is 0 Å². The molecule has 0 aromatic heterocycles. The van der Waals surface area contributed by atoms with E-state index in [1.165, 1.54) is 36.4 Å². The molecule has 0 N–H and O–H groups in total.